The predicted octanol–water partition coefficient (Wildman–Crippen LogP) is 2.59. The van der Waals surface area contributed by atoms with Gasteiger partial charge in [0.1, 0.15) is 0 Å². The van der Waals surface area contributed by atoms with E-state index in [1.54, 1.807) is 31.2 Å². The summed E-state index contributed by atoms with van der Waals surface area (Å²) in [5.74, 6) is -2.04. The molecule has 1 aromatic rings. The number of benzene rings is 1. The van der Waals surface area contributed by atoms with E-state index in [0.29, 0.717) is 30.5 Å². The Hall–Kier alpha value is -2.37. The molecule has 0 spiro atoms. The van der Waals surface area contributed by atoms with E-state index in [9.17, 15) is 19.5 Å². The zero-order valence-corrected chi connectivity index (χ0v) is 14.8. The molecule has 1 saturated carbocycles. The van der Waals surface area contributed by atoms with Crippen molar-refractivity contribution in [2.45, 2.75) is 51.5 Å². The van der Waals surface area contributed by atoms with E-state index >= 15 is 0 Å². The van der Waals surface area contributed by atoms with Crippen LogP contribution in [0.4, 0.5) is 0 Å². The smallest absolute Gasteiger partial charge is 0.308 e. The second-order valence-corrected chi connectivity index (χ2v) is 6.84. The summed E-state index contributed by atoms with van der Waals surface area (Å²) >= 11 is 0. The topological polar surface area (TPSA) is 95.5 Å². The van der Waals surface area contributed by atoms with E-state index in [-0.39, 0.29) is 11.8 Å². The minimum absolute atomic E-state index is 0.219. The van der Waals surface area contributed by atoms with Gasteiger partial charge in [-0.05, 0) is 44.4 Å². The molecule has 0 aromatic heterocycles. The number of carbonyl (C=O) groups is 3. The van der Waals surface area contributed by atoms with Crippen LogP contribution in [0, 0.1) is 5.92 Å². The third-order valence-corrected chi connectivity index (χ3v) is 4.83. The van der Waals surface area contributed by atoms with Crippen LogP contribution in [0.3, 0.4) is 0 Å². The van der Waals surface area contributed by atoms with Crippen molar-refractivity contribution < 1.29 is 19.5 Å². The Bertz CT molecular complexity index is 659. The lowest BCUT2D eigenvalue weighted by molar-refractivity contribution is -0.145. The number of carboxylic acids is 1. The molecule has 0 heterocycles. The maximum Gasteiger partial charge on any atom is 0.308 e. The van der Waals surface area contributed by atoms with Crippen LogP contribution in [0.5, 0.6) is 0 Å². The van der Waals surface area contributed by atoms with Gasteiger partial charge in [0.05, 0.1) is 11.5 Å². The van der Waals surface area contributed by atoms with Gasteiger partial charge >= 0.3 is 5.97 Å². The summed E-state index contributed by atoms with van der Waals surface area (Å²) in [6, 6.07) is 6.49. The van der Waals surface area contributed by atoms with Gasteiger partial charge in [-0.25, -0.2) is 0 Å². The standard InChI is InChI=1S/C19H26N2O4/c1-3-11-20-16(22)13-7-6-8-14(12-13)17(23)21-19(2)10-5-4-9-15(19)18(24)25/h6-8,12,15H,3-5,9-11H2,1-2H3,(H,20,22)(H,21,23)(H,24,25). The molecule has 0 bridgehead atoms. The van der Waals surface area contributed by atoms with Gasteiger partial charge in [0.2, 0.25) is 0 Å². The van der Waals surface area contributed by atoms with Crippen molar-refractivity contribution in [2.75, 3.05) is 6.54 Å². The van der Waals surface area contributed by atoms with Crippen LogP contribution >= 0.6 is 0 Å². The first-order valence-electron chi connectivity index (χ1n) is 8.81. The number of hydrogen-bond acceptors (Lipinski definition) is 3. The van der Waals surface area contributed by atoms with Gasteiger partial charge < -0.3 is 15.7 Å². The van der Waals surface area contributed by atoms with E-state index in [0.717, 1.165) is 19.3 Å². The summed E-state index contributed by atoms with van der Waals surface area (Å²) in [4.78, 5) is 36.2. The normalized spacial score (nSPS) is 22.9. The van der Waals surface area contributed by atoms with Crippen molar-refractivity contribution >= 4 is 17.8 Å². The quantitative estimate of drug-likeness (QED) is 0.738. The number of carboxylic acid groups (broad SMARTS) is 1. The summed E-state index contributed by atoms with van der Waals surface area (Å²) < 4.78 is 0. The van der Waals surface area contributed by atoms with Crippen LogP contribution in [0.25, 0.3) is 0 Å². The summed E-state index contributed by atoms with van der Waals surface area (Å²) in [5.41, 5.74) is 0.00604. The minimum Gasteiger partial charge on any atom is -0.481 e. The number of aliphatic carboxylic acids is 1. The first-order chi connectivity index (χ1) is 11.9. The fourth-order valence-corrected chi connectivity index (χ4v) is 3.35. The van der Waals surface area contributed by atoms with Crippen molar-refractivity contribution in [3.8, 4) is 0 Å². The van der Waals surface area contributed by atoms with Crippen LogP contribution in [-0.4, -0.2) is 35.0 Å². The number of rotatable bonds is 6. The van der Waals surface area contributed by atoms with Crippen LogP contribution in [0.15, 0.2) is 24.3 Å². The van der Waals surface area contributed by atoms with Crippen LogP contribution in [-0.2, 0) is 4.79 Å². The Balaban J connectivity index is 2.14. The van der Waals surface area contributed by atoms with E-state index in [1.165, 1.54) is 0 Å². The van der Waals surface area contributed by atoms with Crippen molar-refractivity contribution in [3.63, 3.8) is 0 Å². The largest absolute Gasteiger partial charge is 0.481 e. The summed E-state index contributed by atoms with van der Waals surface area (Å²) in [6.07, 6.45) is 3.77. The molecule has 25 heavy (non-hydrogen) atoms. The van der Waals surface area contributed by atoms with Gasteiger partial charge in [-0.3, -0.25) is 14.4 Å². The number of hydrogen-bond donors (Lipinski definition) is 3. The second-order valence-electron chi connectivity index (χ2n) is 6.84. The Labute approximate surface area is 148 Å². The van der Waals surface area contributed by atoms with Gasteiger partial charge in [0.15, 0.2) is 0 Å². The van der Waals surface area contributed by atoms with Crippen molar-refractivity contribution in [1.29, 1.82) is 0 Å². The fraction of sp³-hybridized carbons (Fsp3) is 0.526. The van der Waals surface area contributed by atoms with Crippen molar-refractivity contribution in [2.24, 2.45) is 5.92 Å². The van der Waals surface area contributed by atoms with E-state index in [4.69, 9.17) is 0 Å². The molecule has 3 N–H and O–H groups in total. The zero-order chi connectivity index (χ0) is 18.4. The Morgan fingerprint density at radius 1 is 1.20 bits per heavy atom. The molecule has 0 radical (unpaired) electrons. The van der Waals surface area contributed by atoms with E-state index < -0.39 is 17.4 Å². The number of nitrogens with one attached hydrogen (secondary N) is 2. The highest BCUT2D eigenvalue weighted by molar-refractivity contribution is 6.00. The van der Waals surface area contributed by atoms with E-state index in [2.05, 4.69) is 10.6 Å². The third-order valence-electron chi connectivity index (χ3n) is 4.83. The van der Waals surface area contributed by atoms with Gasteiger partial charge in [0.25, 0.3) is 11.8 Å². The summed E-state index contributed by atoms with van der Waals surface area (Å²) in [5, 5.41) is 15.1. The fourth-order valence-electron chi connectivity index (χ4n) is 3.35. The Kier molecular flexibility index (Phi) is 6.17. The lowest BCUT2D eigenvalue weighted by Gasteiger charge is -2.39. The Morgan fingerprint density at radius 2 is 1.88 bits per heavy atom. The van der Waals surface area contributed by atoms with Crippen molar-refractivity contribution in [1.82, 2.24) is 10.6 Å². The van der Waals surface area contributed by atoms with Crippen LogP contribution < -0.4 is 10.6 Å². The zero-order valence-electron chi connectivity index (χ0n) is 14.8. The summed E-state index contributed by atoms with van der Waals surface area (Å²) in [7, 11) is 0. The monoisotopic (exact) mass is 346 g/mol. The third kappa shape index (κ3) is 4.59. The number of carbonyl (C=O) groups excluding carboxylic acids is 2. The second kappa shape index (κ2) is 8.14. The van der Waals surface area contributed by atoms with E-state index in [1.807, 2.05) is 6.92 Å². The lowest BCUT2D eigenvalue weighted by Crippen LogP contribution is -2.55. The molecule has 136 valence electrons. The molecule has 0 aliphatic heterocycles. The molecule has 2 unspecified atom stereocenters. The van der Waals surface area contributed by atoms with Crippen molar-refractivity contribution in [3.05, 3.63) is 35.4 Å². The predicted molar refractivity (Wildman–Crippen MR) is 94.5 cm³/mol. The van der Waals surface area contributed by atoms with Gasteiger partial charge in [0, 0.05) is 17.7 Å². The van der Waals surface area contributed by atoms with Gasteiger partial charge in [-0.2, -0.15) is 0 Å². The molecule has 0 saturated heterocycles. The highest BCUT2D eigenvalue weighted by Crippen LogP contribution is 2.34. The molecule has 1 fully saturated rings. The summed E-state index contributed by atoms with van der Waals surface area (Å²) in [6.45, 7) is 4.34. The molecule has 6 heteroatoms. The average molecular weight is 346 g/mol. The molecule has 1 aromatic carbocycles. The maximum atomic E-state index is 12.6. The number of amides is 2. The highest BCUT2D eigenvalue weighted by atomic mass is 16.4. The molecule has 6 nitrogen and oxygen atoms in total. The Morgan fingerprint density at radius 3 is 2.52 bits per heavy atom. The molecule has 1 aliphatic rings. The first kappa shape index (κ1) is 19.0. The highest BCUT2D eigenvalue weighted by Gasteiger charge is 2.42. The molecule has 2 rings (SSSR count). The van der Waals surface area contributed by atoms with Gasteiger partial charge in [-0.1, -0.05) is 25.8 Å². The molecular formula is C19H26N2O4. The molecule has 1 aliphatic carbocycles. The average Bonchev–Trinajstić information content (AvgIpc) is 2.59. The SMILES string of the molecule is CCCNC(=O)c1cccc(C(=O)NC2(C)CCCCC2C(=O)O)c1. The van der Waals surface area contributed by atoms with Crippen LogP contribution in [0.1, 0.15) is 66.7 Å². The molecule has 2 atom stereocenters. The minimum atomic E-state index is -0.879. The first-order valence-corrected chi connectivity index (χ1v) is 8.81. The molecule has 2 amide bonds. The molecular weight excluding hydrogens is 320 g/mol. The van der Waals surface area contributed by atoms with Gasteiger partial charge in [-0.15, -0.1) is 0 Å². The van der Waals surface area contributed by atoms with Crippen LogP contribution in [0.2, 0.25) is 0 Å². The maximum absolute atomic E-state index is 12.6. The lowest BCUT2D eigenvalue weighted by atomic mass is 9.73.